The molecule has 136 valence electrons. The number of aromatic nitrogens is 1. The fourth-order valence-electron chi connectivity index (χ4n) is 5.00. The Balaban J connectivity index is 1.29. The highest BCUT2D eigenvalue weighted by atomic mass is 16.5. The van der Waals surface area contributed by atoms with E-state index in [0.717, 1.165) is 38.0 Å². The summed E-state index contributed by atoms with van der Waals surface area (Å²) in [6, 6.07) is 6.18. The first-order valence-corrected chi connectivity index (χ1v) is 9.76. The third kappa shape index (κ3) is 3.72. The summed E-state index contributed by atoms with van der Waals surface area (Å²) in [6.07, 6.45) is 8.53. The van der Waals surface area contributed by atoms with Crippen molar-refractivity contribution in [2.75, 3.05) is 13.1 Å². The number of hydrogen-bond donors (Lipinski definition) is 1. The quantitative estimate of drug-likeness (QED) is 0.911. The van der Waals surface area contributed by atoms with Gasteiger partial charge in [0.05, 0.1) is 18.4 Å². The second kappa shape index (κ2) is 7.42. The van der Waals surface area contributed by atoms with E-state index in [0.29, 0.717) is 30.4 Å². The van der Waals surface area contributed by atoms with E-state index < -0.39 is 0 Å². The van der Waals surface area contributed by atoms with Gasteiger partial charge in [-0.15, -0.1) is 0 Å². The van der Waals surface area contributed by atoms with Crippen LogP contribution in [-0.4, -0.2) is 41.0 Å². The summed E-state index contributed by atoms with van der Waals surface area (Å²) in [4.78, 5) is 19.3. The number of carbonyl (C=O) groups excluding carboxylic acids is 1. The molecule has 3 atom stereocenters. The number of ether oxygens (including phenoxy) is 1. The van der Waals surface area contributed by atoms with Gasteiger partial charge in [-0.3, -0.25) is 9.78 Å². The summed E-state index contributed by atoms with van der Waals surface area (Å²) in [7, 11) is 0. The van der Waals surface area contributed by atoms with Gasteiger partial charge < -0.3 is 15.4 Å². The third-order valence-electron chi connectivity index (χ3n) is 6.41. The highest BCUT2D eigenvalue weighted by molar-refractivity contribution is 5.79. The molecule has 3 aliphatic rings. The average molecular weight is 343 g/mol. The molecule has 2 bridgehead atoms. The van der Waals surface area contributed by atoms with Gasteiger partial charge in [0.15, 0.2) is 0 Å². The monoisotopic (exact) mass is 343 g/mol. The predicted octanol–water partition coefficient (Wildman–Crippen LogP) is 2.35. The zero-order valence-electron chi connectivity index (χ0n) is 14.8. The lowest BCUT2D eigenvalue weighted by molar-refractivity contribution is -0.138. The molecule has 2 saturated carbocycles. The molecule has 2 N–H and O–H groups in total. The SMILES string of the molecule is NC1C2CCCC1CC(C(=O)N1CCC(OCc3ccccn3)C1)C2. The Morgan fingerprint density at radius 1 is 1.24 bits per heavy atom. The molecule has 0 aromatic carbocycles. The van der Waals surface area contributed by atoms with E-state index in [9.17, 15) is 4.79 Å². The van der Waals surface area contributed by atoms with Crippen LogP contribution in [0.2, 0.25) is 0 Å². The number of pyridine rings is 1. The number of amides is 1. The van der Waals surface area contributed by atoms with Gasteiger partial charge in [-0.05, 0) is 56.1 Å². The minimum Gasteiger partial charge on any atom is -0.370 e. The van der Waals surface area contributed by atoms with Crippen LogP contribution in [-0.2, 0) is 16.1 Å². The van der Waals surface area contributed by atoms with Crippen LogP contribution in [0.5, 0.6) is 0 Å². The van der Waals surface area contributed by atoms with Crippen LogP contribution >= 0.6 is 0 Å². The van der Waals surface area contributed by atoms with E-state index in [1.807, 2.05) is 23.1 Å². The van der Waals surface area contributed by atoms with E-state index >= 15 is 0 Å². The minimum absolute atomic E-state index is 0.135. The molecule has 0 radical (unpaired) electrons. The van der Waals surface area contributed by atoms with Crippen LogP contribution in [0.4, 0.5) is 0 Å². The van der Waals surface area contributed by atoms with Crippen LogP contribution in [0.3, 0.4) is 0 Å². The fraction of sp³-hybridized carbons (Fsp3) is 0.700. The van der Waals surface area contributed by atoms with Gasteiger partial charge in [-0.25, -0.2) is 0 Å². The van der Waals surface area contributed by atoms with Crippen molar-refractivity contribution >= 4 is 5.91 Å². The van der Waals surface area contributed by atoms with Crippen molar-refractivity contribution in [2.45, 2.75) is 57.3 Å². The molecule has 1 aromatic heterocycles. The molecule has 3 fully saturated rings. The van der Waals surface area contributed by atoms with Crippen molar-refractivity contribution in [3.05, 3.63) is 30.1 Å². The van der Waals surface area contributed by atoms with E-state index in [4.69, 9.17) is 10.5 Å². The zero-order chi connectivity index (χ0) is 17.2. The molecular formula is C20H29N3O2. The summed E-state index contributed by atoms with van der Waals surface area (Å²) < 4.78 is 5.97. The smallest absolute Gasteiger partial charge is 0.225 e. The molecule has 3 unspecified atom stereocenters. The second-order valence-corrected chi connectivity index (χ2v) is 8.02. The molecule has 1 aromatic rings. The standard InChI is InChI=1S/C20H29N3O2/c21-19-14-4-3-5-15(19)11-16(10-14)20(24)23-9-7-18(12-23)25-13-17-6-1-2-8-22-17/h1-2,6,8,14-16,18-19H,3-5,7,9-13,21H2. The van der Waals surface area contributed by atoms with Gasteiger partial charge in [0, 0.05) is 31.2 Å². The number of fused-ring (bicyclic) bond motifs is 2. The van der Waals surface area contributed by atoms with Crippen molar-refractivity contribution in [2.24, 2.45) is 23.5 Å². The van der Waals surface area contributed by atoms with E-state index in [1.165, 1.54) is 19.3 Å². The van der Waals surface area contributed by atoms with Gasteiger partial charge >= 0.3 is 0 Å². The van der Waals surface area contributed by atoms with Crippen LogP contribution in [0.25, 0.3) is 0 Å². The summed E-state index contributed by atoms with van der Waals surface area (Å²) in [5.74, 6) is 1.64. The lowest BCUT2D eigenvalue weighted by atomic mass is 9.65. The Kier molecular flexibility index (Phi) is 5.04. The highest BCUT2D eigenvalue weighted by Crippen LogP contribution is 2.42. The molecule has 0 spiro atoms. The van der Waals surface area contributed by atoms with Crippen molar-refractivity contribution in [3.8, 4) is 0 Å². The molecular weight excluding hydrogens is 314 g/mol. The van der Waals surface area contributed by atoms with Crippen LogP contribution < -0.4 is 5.73 Å². The topological polar surface area (TPSA) is 68.5 Å². The van der Waals surface area contributed by atoms with Gasteiger partial charge in [0.25, 0.3) is 0 Å². The van der Waals surface area contributed by atoms with E-state index in [2.05, 4.69) is 4.98 Å². The number of likely N-dealkylation sites (tertiary alicyclic amines) is 1. The molecule has 2 aliphatic carbocycles. The Bertz CT molecular complexity index is 580. The maximum absolute atomic E-state index is 13.0. The molecule has 2 heterocycles. The summed E-state index contributed by atoms with van der Waals surface area (Å²) in [6.45, 7) is 2.07. The molecule has 1 aliphatic heterocycles. The minimum atomic E-state index is 0.135. The lowest BCUT2D eigenvalue weighted by Crippen LogP contribution is -2.49. The van der Waals surface area contributed by atoms with E-state index in [-0.39, 0.29) is 12.0 Å². The highest BCUT2D eigenvalue weighted by Gasteiger charge is 2.42. The Morgan fingerprint density at radius 3 is 2.76 bits per heavy atom. The lowest BCUT2D eigenvalue weighted by Gasteiger charge is -2.44. The third-order valence-corrected chi connectivity index (χ3v) is 6.41. The Labute approximate surface area is 149 Å². The van der Waals surface area contributed by atoms with E-state index in [1.54, 1.807) is 6.20 Å². The fourth-order valence-corrected chi connectivity index (χ4v) is 5.00. The number of nitrogens with zero attached hydrogens (tertiary/aromatic N) is 2. The number of nitrogens with two attached hydrogens (primary N) is 1. The summed E-state index contributed by atoms with van der Waals surface area (Å²) in [5.41, 5.74) is 7.31. The molecule has 5 nitrogen and oxygen atoms in total. The predicted molar refractivity (Wildman–Crippen MR) is 95.5 cm³/mol. The maximum atomic E-state index is 13.0. The van der Waals surface area contributed by atoms with Gasteiger partial charge in [-0.2, -0.15) is 0 Å². The molecule has 1 amide bonds. The molecule has 1 saturated heterocycles. The van der Waals surface area contributed by atoms with Gasteiger partial charge in [0.1, 0.15) is 0 Å². The first-order chi connectivity index (χ1) is 12.2. The van der Waals surface area contributed by atoms with Crippen molar-refractivity contribution < 1.29 is 9.53 Å². The largest absolute Gasteiger partial charge is 0.370 e. The van der Waals surface area contributed by atoms with Gasteiger partial charge in [0.2, 0.25) is 5.91 Å². The van der Waals surface area contributed by atoms with Crippen LogP contribution in [0.1, 0.15) is 44.2 Å². The second-order valence-electron chi connectivity index (χ2n) is 8.02. The Hall–Kier alpha value is -1.46. The number of hydrogen-bond acceptors (Lipinski definition) is 4. The first-order valence-electron chi connectivity index (χ1n) is 9.76. The number of carbonyl (C=O) groups is 1. The molecule has 25 heavy (non-hydrogen) atoms. The summed E-state index contributed by atoms with van der Waals surface area (Å²) >= 11 is 0. The first kappa shape index (κ1) is 17.0. The van der Waals surface area contributed by atoms with Gasteiger partial charge in [-0.1, -0.05) is 12.5 Å². The molecule has 5 heteroatoms. The zero-order valence-corrected chi connectivity index (χ0v) is 14.8. The van der Waals surface area contributed by atoms with Crippen molar-refractivity contribution in [1.29, 1.82) is 0 Å². The van der Waals surface area contributed by atoms with Crippen LogP contribution in [0, 0.1) is 17.8 Å². The van der Waals surface area contributed by atoms with Crippen molar-refractivity contribution in [1.82, 2.24) is 9.88 Å². The molecule has 4 rings (SSSR count). The summed E-state index contributed by atoms with van der Waals surface area (Å²) in [5, 5.41) is 0. The Morgan fingerprint density at radius 2 is 2.04 bits per heavy atom. The van der Waals surface area contributed by atoms with Crippen LogP contribution in [0.15, 0.2) is 24.4 Å². The maximum Gasteiger partial charge on any atom is 0.225 e. The number of rotatable bonds is 4. The average Bonchev–Trinajstić information content (AvgIpc) is 3.09. The van der Waals surface area contributed by atoms with Crippen molar-refractivity contribution in [3.63, 3.8) is 0 Å². The normalized spacial score (nSPS) is 34.9.